The van der Waals surface area contributed by atoms with Gasteiger partial charge in [0.05, 0.1) is 0 Å². The zero-order valence-corrected chi connectivity index (χ0v) is 27.8. The number of fused-ring (bicyclic) bond motifs is 2. The van der Waals surface area contributed by atoms with Crippen LogP contribution in [0.4, 0.5) is 0 Å². The fraction of sp³-hybridized carbons (Fsp3) is 0.412. The van der Waals surface area contributed by atoms with Crippen molar-refractivity contribution in [1.29, 1.82) is 0 Å². The monoisotopic (exact) mass is 724 g/mol. The van der Waals surface area contributed by atoms with E-state index in [2.05, 4.69) is 124 Å². The van der Waals surface area contributed by atoms with Crippen molar-refractivity contribution < 1.29 is 10.9 Å². The predicted molar refractivity (Wildman–Crippen MR) is 180 cm³/mol. The van der Waals surface area contributed by atoms with Crippen molar-refractivity contribution in [3.05, 3.63) is 96.1 Å². The molecule has 4 aromatic carbocycles. The molecule has 0 amide bonds. The van der Waals surface area contributed by atoms with E-state index >= 15 is 0 Å². The molecule has 41 heavy (non-hydrogen) atoms. The van der Waals surface area contributed by atoms with Crippen molar-refractivity contribution in [2.45, 2.75) is 88.6 Å². The maximum atomic E-state index is 6.19. The number of halogens is 2. The van der Waals surface area contributed by atoms with Crippen LogP contribution in [0.5, 0.6) is 0 Å². The molecular weight excluding hydrogens is 683 g/mol. The molecule has 2 saturated carbocycles. The molecule has 6 N–H and O–H groups in total. The summed E-state index contributed by atoms with van der Waals surface area (Å²) in [4.78, 5) is 0. The Kier molecular flexibility index (Phi) is 14.1. The van der Waals surface area contributed by atoms with Crippen LogP contribution in [0, 0.1) is 0 Å². The fourth-order valence-electron chi connectivity index (χ4n) is 6.20. The van der Waals surface area contributed by atoms with Gasteiger partial charge < -0.3 is 22.1 Å². The quantitative estimate of drug-likeness (QED) is 0.152. The van der Waals surface area contributed by atoms with Gasteiger partial charge in [-0.15, -0.1) is 0 Å². The second-order valence-electron chi connectivity index (χ2n) is 11.2. The predicted octanol–water partition coefficient (Wildman–Crippen LogP) is 8.09. The summed E-state index contributed by atoms with van der Waals surface area (Å²) in [5.74, 6) is 0. The first-order valence-electron chi connectivity index (χ1n) is 14.8. The van der Waals surface area contributed by atoms with E-state index in [-0.39, 0.29) is 0 Å². The summed E-state index contributed by atoms with van der Waals surface area (Å²) >= 11 is 6.00. The first kappa shape index (κ1) is 32.6. The van der Waals surface area contributed by atoms with E-state index in [4.69, 9.17) is 11.5 Å². The van der Waals surface area contributed by atoms with Crippen LogP contribution >= 0.6 is 28.5 Å². The van der Waals surface area contributed by atoms with Gasteiger partial charge in [-0.3, -0.25) is 0 Å². The standard InChI is InChI=1S/2C17H22N2.2BrH.Ni/c2*18-16-10-3-4-11-17(16)19-12-14-8-5-7-13-6-1-2-9-15(13)14;;;/h2*1-2,5-9,16-17,19H,3-4,10-12,18H2;2*1H;/q;;;;+2/p-2/t2*16-,17-;;;/m11.../s1. The molecule has 0 aliphatic heterocycles. The minimum atomic E-state index is 0.323. The maximum absolute atomic E-state index is 6.19. The van der Waals surface area contributed by atoms with Crippen molar-refractivity contribution in [2.75, 3.05) is 0 Å². The molecule has 0 saturated heterocycles. The zero-order chi connectivity index (χ0) is 28.9. The normalized spacial score (nSPS) is 22.4. The molecule has 0 unspecified atom stereocenters. The van der Waals surface area contributed by atoms with Crippen LogP contribution in [0.1, 0.15) is 62.5 Å². The van der Waals surface area contributed by atoms with Gasteiger partial charge in [-0.1, -0.05) is 111 Å². The van der Waals surface area contributed by atoms with Gasteiger partial charge in [-0.05, 0) is 58.4 Å². The molecule has 4 atom stereocenters. The molecule has 0 heterocycles. The Bertz CT molecular complexity index is 1220. The van der Waals surface area contributed by atoms with Crippen molar-refractivity contribution in [3.8, 4) is 0 Å². The van der Waals surface area contributed by atoms with E-state index in [1.807, 2.05) is 0 Å². The van der Waals surface area contributed by atoms with Crippen LogP contribution in [0.15, 0.2) is 84.9 Å². The van der Waals surface area contributed by atoms with Gasteiger partial charge in [0, 0.05) is 37.3 Å². The van der Waals surface area contributed by atoms with Crippen LogP contribution in [0.2, 0.25) is 0 Å². The molecule has 224 valence electrons. The third kappa shape index (κ3) is 9.86. The average molecular weight is 727 g/mol. The summed E-state index contributed by atoms with van der Waals surface area (Å²) in [6.07, 6.45) is 9.93. The van der Waals surface area contributed by atoms with E-state index in [0.29, 0.717) is 24.2 Å². The number of hydrogen-bond donors (Lipinski definition) is 4. The van der Waals surface area contributed by atoms with Crippen LogP contribution in [-0.2, 0) is 24.0 Å². The zero-order valence-electron chi connectivity index (χ0n) is 23.7. The van der Waals surface area contributed by atoms with Crippen molar-refractivity contribution in [1.82, 2.24) is 10.6 Å². The SMILES string of the molecule is N[C@@H]1CCCC[C@H]1NCc1cccc2ccccc12.N[C@@H]1CCCC[C@H]1NCc1cccc2ccccc12.[Br][Ni][Br]. The Labute approximate surface area is 266 Å². The van der Waals surface area contributed by atoms with E-state index in [1.165, 1.54) is 82.1 Å². The number of rotatable bonds is 6. The molecule has 2 aliphatic carbocycles. The summed E-state index contributed by atoms with van der Waals surface area (Å²) in [6, 6.07) is 31.8. The molecule has 7 heteroatoms. The number of nitrogens with one attached hydrogen (secondary N) is 2. The molecule has 0 radical (unpaired) electrons. The number of hydrogen-bond acceptors (Lipinski definition) is 4. The van der Waals surface area contributed by atoms with Crippen molar-refractivity contribution in [2.24, 2.45) is 11.5 Å². The summed E-state index contributed by atoms with van der Waals surface area (Å²) < 4.78 is 0. The third-order valence-corrected chi connectivity index (χ3v) is 8.51. The van der Waals surface area contributed by atoms with E-state index in [1.54, 1.807) is 0 Å². The van der Waals surface area contributed by atoms with Gasteiger partial charge in [0.1, 0.15) is 0 Å². The van der Waals surface area contributed by atoms with Crippen LogP contribution in [0.25, 0.3) is 21.5 Å². The van der Waals surface area contributed by atoms with Crippen LogP contribution in [-0.4, -0.2) is 24.2 Å². The van der Waals surface area contributed by atoms with Gasteiger partial charge in [0.15, 0.2) is 0 Å². The second-order valence-corrected chi connectivity index (χ2v) is 16.2. The Balaban J connectivity index is 0.000000173. The second kappa shape index (κ2) is 17.7. The van der Waals surface area contributed by atoms with Gasteiger partial charge in [0.25, 0.3) is 0 Å². The Morgan fingerprint density at radius 1 is 0.561 bits per heavy atom. The molecule has 2 aliphatic rings. The molecule has 0 aromatic heterocycles. The first-order chi connectivity index (χ1) is 20.1. The van der Waals surface area contributed by atoms with Crippen LogP contribution in [0.3, 0.4) is 0 Å². The summed E-state index contributed by atoms with van der Waals surface area (Å²) in [7, 11) is 1.25. The van der Waals surface area contributed by atoms with Crippen molar-refractivity contribution in [3.63, 3.8) is 0 Å². The molecule has 2 fully saturated rings. The summed E-state index contributed by atoms with van der Waals surface area (Å²) in [6.45, 7) is 1.83. The van der Waals surface area contributed by atoms with Crippen LogP contribution < -0.4 is 22.1 Å². The fourth-order valence-corrected chi connectivity index (χ4v) is 6.20. The van der Waals surface area contributed by atoms with Gasteiger partial charge in [-0.25, -0.2) is 0 Å². The number of nitrogens with two attached hydrogens (primary N) is 2. The van der Waals surface area contributed by atoms with Gasteiger partial charge in [0.2, 0.25) is 0 Å². The minimum absolute atomic E-state index is 0.323. The Morgan fingerprint density at radius 2 is 0.927 bits per heavy atom. The van der Waals surface area contributed by atoms with E-state index in [0.717, 1.165) is 25.9 Å². The molecule has 0 bridgehead atoms. The van der Waals surface area contributed by atoms with Gasteiger partial charge in [-0.2, -0.15) is 0 Å². The summed E-state index contributed by atoms with van der Waals surface area (Å²) in [5.41, 5.74) is 15.1. The Morgan fingerprint density at radius 3 is 1.34 bits per heavy atom. The molecule has 4 aromatic rings. The van der Waals surface area contributed by atoms with E-state index < -0.39 is 0 Å². The number of benzene rings is 4. The average Bonchev–Trinajstić information content (AvgIpc) is 3.01. The third-order valence-electron chi connectivity index (χ3n) is 8.51. The summed E-state index contributed by atoms with van der Waals surface area (Å²) in [5, 5.41) is 12.6. The van der Waals surface area contributed by atoms with E-state index in [9.17, 15) is 0 Å². The van der Waals surface area contributed by atoms with Gasteiger partial charge >= 0.3 is 39.3 Å². The van der Waals surface area contributed by atoms with Crippen molar-refractivity contribution >= 4 is 50.0 Å². The molecule has 0 spiro atoms. The molecular formula is C34H44Br2N4Ni. The topological polar surface area (TPSA) is 76.1 Å². The first-order valence-corrected chi connectivity index (χ1v) is 19.7. The Hall–Kier alpha value is -1.31. The molecule has 6 rings (SSSR count). The molecule has 4 nitrogen and oxygen atoms in total.